The van der Waals surface area contributed by atoms with E-state index in [4.69, 9.17) is 9.47 Å². The van der Waals surface area contributed by atoms with Crippen molar-refractivity contribution >= 4 is 12.2 Å². The number of nitrogens with one attached hydrogen (secondary N) is 1. The van der Waals surface area contributed by atoms with Crippen LogP contribution in [0, 0.1) is 0 Å². The van der Waals surface area contributed by atoms with Crippen molar-refractivity contribution in [3.05, 3.63) is 29.8 Å². The topological polar surface area (TPSA) is 64.6 Å². The van der Waals surface area contributed by atoms with E-state index < -0.39 is 0 Å². The molecule has 0 unspecified atom stereocenters. The Morgan fingerprint density at radius 2 is 2.21 bits per heavy atom. The van der Waals surface area contributed by atoms with E-state index in [0.717, 1.165) is 25.7 Å². The van der Waals surface area contributed by atoms with Crippen LogP contribution in [0.15, 0.2) is 24.3 Å². The Kier molecular flexibility index (Phi) is 4.92. The van der Waals surface area contributed by atoms with Gasteiger partial charge < -0.3 is 14.8 Å². The highest BCUT2D eigenvalue weighted by atomic mass is 16.5. The summed E-state index contributed by atoms with van der Waals surface area (Å²) in [6, 6.07) is 6.62. The summed E-state index contributed by atoms with van der Waals surface area (Å²) in [7, 11) is 0. The molecule has 0 saturated carbocycles. The van der Waals surface area contributed by atoms with E-state index in [1.54, 1.807) is 24.3 Å². The fraction of sp³-hybridized carbons (Fsp3) is 0.429. The van der Waals surface area contributed by atoms with Crippen LogP contribution in [-0.2, 0) is 9.53 Å². The van der Waals surface area contributed by atoms with Gasteiger partial charge in [-0.1, -0.05) is 0 Å². The molecule has 0 radical (unpaired) electrons. The predicted octanol–water partition coefficient (Wildman–Crippen LogP) is 1.17. The maximum absolute atomic E-state index is 11.5. The van der Waals surface area contributed by atoms with Crippen LogP contribution in [0.4, 0.5) is 0 Å². The highest BCUT2D eigenvalue weighted by Gasteiger charge is 2.16. The largest absolute Gasteiger partial charge is 0.484 e. The van der Waals surface area contributed by atoms with Crippen LogP contribution in [0.25, 0.3) is 0 Å². The second kappa shape index (κ2) is 6.89. The van der Waals surface area contributed by atoms with Gasteiger partial charge in [0.1, 0.15) is 12.0 Å². The molecule has 1 aromatic carbocycles. The highest BCUT2D eigenvalue weighted by Crippen LogP contribution is 2.11. The van der Waals surface area contributed by atoms with Crippen LogP contribution in [0.2, 0.25) is 0 Å². The van der Waals surface area contributed by atoms with Crippen molar-refractivity contribution in [1.29, 1.82) is 0 Å². The molecule has 102 valence electrons. The monoisotopic (exact) mass is 263 g/mol. The minimum atomic E-state index is -0.171. The zero-order valence-electron chi connectivity index (χ0n) is 10.6. The molecule has 0 bridgehead atoms. The minimum absolute atomic E-state index is 0.0346. The van der Waals surface area contributed by atoms with E-state index in [1.165, 1.54) is 0 Å². The lowest BCUT2D eigenvalue weighted by molar-refractivity contribution is -0.123. The normalized spacial score (nSPS) is 18.0. The Hall–Kier alpha value is -1.88. The van der Waals surface area contributed by atoms with Gasteiger partial charge in [-0.2, -0.15) is 0 Å². The Morgan fingerprint density at radius 1 is 1.42 bits per heavy atom. The first-order valence-corrected chi connectivity index (χ1v) is 6.34. The molecule has 5 heteroatoms. The second-order valence-corrected chi connectivity index (χ2v) is 4.41. The maximum Gasteiger partial charge on any atom is 0.258 e. The van der Waals surface area contributed by atoms with Crippen molar-refractivity contribution in [3.8, 4) is 5.75 Å². The quantitative estimate of drug-likeness (QED) is 0.783. The van der Waals surface area contributed by atoms with Crippen molar-refractivity contribution in [2.45, 2.75) is 18.9 Å². The second-order valence-electron chi connectivity index (χ2n) is 4.41. The third-order valence-electron chi connectivity index (χ3n) is 2.94. The number of aldehydes is 1. The molecule has 1 atom stereocenters. The first-order chi connectivity index (χ1) is 9.28. The molecular weight excluding hydrogens is 246 g/mol. The third kappa shape index (κ3) is 4.37. The van der Waals surface area contributed by atoms with Crippen molar-refractivity contribution in [2.75, 3.05) is 19.8 Å². The van der Waals surface area contributed by atoms with Gasteiger partial charge in [-0.15, -0.1) is 0 Å². The first-order valence-electron chi connectivity index (χ1n) is 6.34. The van der Waals surface area contributed by atoms with Gasteiger partial charge in [0.05, 0.1) is 6.10 Å². The number of rotatable bonds is 6. The summed E-state index contributed by atoms with van der Waals surface area (Å²) in [6.07, 6.45) is 2.95. The number of hydrogen-bond acceptors (Lipinski definition) is 4. The number of ether oxygens (including phenoxy) is 2. The van der Waals surface area contributed by atoms with Gasteiger partial charge in [0.15, 0.2) is 6.61 Å². The van der Waals surface area contributed by atoms with Gasteiger partial charge in [-0.3, -0.25) is 9.59 Å². The van der Waals surface area contributed by atoms with Crippen molar-refractivity contribution in [2.24, 2.45) is 0 Å². The molecule has 2 rings (SSSR count). The van der Waals surface area contributed by atoms with Gasteiger partial charge in [-0.25, -0.2) is 0 Å². The van der Waals surface area contributed by atoms with Crippen molar-refractivity contribution in [1.82, 2.24) is 5.32 Å². The van der Waals surface area contributed by atoms with Gasteiger partial charge in [-0.05, 0) is 37.1 Å². The van der Waals surface area contributed by atoms with Crippen LogP contribution in [0.5, 0.6) is 5.75 Å². The van der Waals surface area contributed by atoms with Crippen molar-refractivity contribution < 1.29 is 19.1 Å². The van der Waals surface area contributed by atoms with Crippen LogP contribution >= 0.6 is 0 Å². The average molecular weight is 263 g/mol. The van der Waals surface area contributed by atoms with E-state index >= 15 is 0 Å². The zero-order valence-corrected chi connectivity index (χ0v) is 10.6. The number of carbonyl (C=O) groups is 2. The average Bonchev–Trinajstić information content (AvgIpc) is 2.96. The Bertz CT molecular complexity index is 424. The smallest absolute Gasteiger partial charge is 0.258 e. The Morgan fingerprint density at radius 3 is 2.84 bits per heavy atom. The summed E-state index contributed by atoms with van der Waals surface area (Å²) in [4.78, 5) is 22.0. The van der Waals surface area contributed by atoms with E-state index in [9.17, 15) is 9.59 Å². The molecule has 0 spiro atoms. The van der Waals surface area contributed by atoms with Crippen molar-refractivity contribution in [3.63, 3.8) is 0 Å². The summed E-state index contributed by atoms with van der Waals surface area (Å²) in [5, 5.41) is 2.77. The SMILES string of the molecule is O=Cc1ccc(OCC(=O)NC[C@H]2CCCO2)cc1. The summed E-state index contributed by atoms with van der Waals surface area (Å²) in [6.45, 7) is 1.28. The maximum atomic E-state index is 11.5. The molecule has 1 heterocycles. The molecule has 1 N–H and O–H groups in total. The third-order valence-corrected chi connectivity index (χ3v) is 2.94. The summed E-state index contributed by atoms with van der Waals surface area (Å²) in [5.74, 6) is 0.396. The fourth-order valence-corrected chi connectivity index (χ4v) is 1.88. The Labute approximate surface area is 111 Å². The van der Waals surface area contributed by atoms with Gasteiger partial charge >= 0.3 is 0 Å². The highest BCUT2D eigenvalue weighted by molar-refractivity contribution is 5.77. The summed E-state index contributed by atoms with van der Waals surface area (Å²) < 4.78 is 10.7. The Balaban J connectivity index is 1.68. The van der Waals surface area contributed by atoms with E-state index in [1.807, 2.05) is 0 Å². The van der Waals surface area contributed by atoms with Gasteiger partial charge in [0, 0.05) is 18.7 Å². The van der Waals surface area contributed by atoms with E-state index in [0.29, 0.717) is 17.9 Å². The molecule has 5 nitrogen and oxygen atoms in total. The lowest BCUT2D eigenvalue weighted by Crippen LogP contribution is -2.35. The summed E-state index contributed by atoms with van der Waals surface area (Å²) >= 11 is 0. The first kappa shape index (κ1) is 13.5. The standard InChI is InChI=1S/C14H17NO4/c16-9-11-3-5-12(6-4-11)19-10-14(17)15-8-13-2-1-7-18-13/h3-6,9,13H,1-2,7-8,10H2,(H,15,17)/t13-/m1/s1. The molecule has 1 aliphatic rings. The molecule has 19 heavy (non-hydrogen) atoms. The zero-order chi connectivity index (χ0) is 13.5. The summed E-state index contributed by atoms with van der Waals surface area (Å²) in [5.41, 5.74) is 0.579. The van der Waals surface area contributed by atoms with Crippen LogP contribution in [0.1, 0.15) is 23.2 Å². The van der Waals surface area contributed by atoms with Gasteiger partial charge in [0.2, 0.25) is 0 Å². The molecule has 1 aliphatic heterocycles. The minimum Gasteiger partial charge on any atom is -0.484 e. The van der Waals surface area contributed by atoms with Crippen LogP contribution < -0.4 is 10.1 Å². The molecule has 1 amide bonds. The van der Waals surface area contributed by atoms with Gasteiger partial charge in [0.25, 0.3) is 5.91 Å². The lowest BCUT2D eigenvalue weighted by atomic mass is 10.2. The molecular formula is C14H17NO4. The molecule has 0 aliphatic carbocycles. The number of hydrogen-bond donors (Lipinski definition) is 1. The number of carbonyl (C=O) groups excluding carboxylic acids is 2. The fourth-order valence-electron chi connectivity index (χ4n) is 1.88. The van der Waals surface area contributed by atoms with Crippen LogP contribution in [0.3, 0.4) is 0 Å². The molecule has 1 aromatic rings. The lowest BCUT2D eigenvalue weighted by Gasteiger charge is -2.11. The molecule has 0 aromatic heterocycles. The number of benzene rings is 1. The van der Waals surface area contributed by atoms with E-state index in [-0.39, 0.29) is 18.6 Å². The molecule has 1 fully saturated rings. The predicted molar refractivity (Wildman–Crippen MR) is 69.3 cm³/mol. The number of amides is 1. The van der Waals surface area contributed by atoms with Crippen LogP contribution in [-0.4, -0.2) is 38.1 Å². The van der Waals surface area contributed by atoms with E-state index in [2.05, 4.69) is 5.32 Å². The molecule has 1 saturated heterocycles.